The molecule has 0 aromatic carbocycles. The summed E-state index contributed by atoms with van der Waals surface area (Å²) in [7, 11) is 0. The first kappa shape index (κ1) is 13.9. The van der Waals surface area contributed by atoms with E-state index in [2.05, 4.69) is 10.6 Å². The highest BCUT2D eigenvalue weighted by Gasteiger charge is 2.31. The first-order valence-corrected chi connectivity index (χ1v) is 7.34. The number of aliphatic carboxylic acids is 1. The lowest BCUT2D eigenvalue weighted by atomic mass is 9.84. The quantitative estimate of drug-likeness (QED) is 0.792. The van der Waals surface area contributed by atoms with E-state index in [0.717, 1.165) is 24.1 Å². The Balaban J connectivity index is 1.81. The standard InChI is InChI=1S/C13H18N2O3S/c16-12(17)10-5-1-2-6-11(10)15-13(18)14-8-9-4-3-7-19-9/h3-4,7,10-11H,1-2,5-6,8H2,(H,16,17)(H2,14,15,18). The molecule has 6 heteroatoms. The van der Waals surface area contributed by atoms with Crippen LogP contribution >= 0.6 is 11.3 Å². The molecule has 0 spiro atoms. The van der Waals surface area contributed by atoms with Gasteiger partial charge in [-0.05, 0) is 24.3 Å². The third kappa shape index (κ3) is 3.96. The Hall–Kier alpha value is -1.56. The zero-order valence-electron chi connectivity index (χ0n) is 10.6. The van der Waals surface area contributed by atoms with Crippen LogP contribution in [0.15, 0.2) is 17.5 Å². The lowest BCUT2D eigenvalue weighted by molar-refractivity contribution is -0.143. The fourth-order valence-corrected chi connectivity index (χ4v) is 3.04. The monoisotopic (exact) mass is 282 g/mol. The van der Waals surface area contributed by atoms with Gasteiger partial charge in [-0.1, -0.05) is 18.9 Å². The van der Waals surface area contributed by atoms with E-state index in [9.17, 15) is 9.59 Å². The van der Waals surface area contributed by atoms with E-state index in [0.29, 0.717) is 13.0 Å². The van der Waals surface area contributed by atoms with Gasteiger partial charge in [0.2, 0.25) is 0 Å². The summed E-state index contributed by atoms with van der Waals surface area (Å²) in [6, 6.07) is 3.34. The molecule has 1 saturated carbocycles. The van der Waals surface area contributed by atoms with Crippen LogP contribution in [0.5, 0.6) is 0 Å². The van der Waals surface area contributed by atoms with Crippen molar-refractivity contribution >= 4 is 23.3 Å². The fraction of sp³-hybridized carbons (Fsp3) is 0.538. The first-order chi connectivity index (χ1) is 9.16. The van der Waals surface area contributed by atoms with Gasteiger partial charge in [0.1, 0.15) is 0 Å². The minimum Gasteiger partial charge on any atom is -0.481 e. The molecule has 1 aromatic rings. The highest BCUT2D eigenvalue weighted by atomic mass is 32.1. The van der Waals surface area contributed by atoms with Gasteiger partial charge >= 0.3 is 12.0 Å². The Morgan fingerprint density at radius 2 is 2.16 bits per heavy atom. The van der Waals surface area contributed by atoms with Gasteiger partial charge in [0.15, 0.2) is 0 Å². The molecule has 0 aliphatic heterocycles. The summed E-state index contributed by atoms with van der Waals surface area (Å²) >= 11 is 1.58. The lowest BCUT2D eigenvalue weighted by Gasteiger charge is -2.29. The number of thiophene rings is 1. The lowest BCUT2D eigenvalue weighted by Crippen LogP contribution is -2.48. The number of hydrogen-bond acceptors (Lipinski definition) is 3. The van der Waals surface area contributed by atoms with Crippen LogP contribution in [0.2, 0.25) is 0 Å². The van der Waals surface area contributed by atoms with Crippen molar-refractivity contribution in [3.05, 3.63) is 22.4 Å². The van der Waals surface area contributed by atoms with E-state index >= 15 is 0 Å². The van der Waals surface area contributed by atoms with Crippen molar-refractivity contribution < 1.29 is 14.7 Å². The van der Waals surface area contributed by atoms with Crippen LogP contribution in [0.1, 0.15) is 30.6 Å². The Morgan fingerprint density at radius 3 is 2.84 bits per heavy atom. The van der Waals surface area contributed by atoms with Crippen molar-refractivity contribution in [2.75, 3.05) is 0 Å². The maximum Gasteiger partial charge on any atom is 0.315 e. The number of carbonyl (C=O) groups excluding carboxylic acids is 1. The van der Waals surface area contributed by atoms with Crippen molar-refractivity contribution in [1.82, 2.24) is 10.6 Å². The predicted octanol–water partition coefficient (Wildman–Crippen LogP) is 2.19. The molecule has 1 aliphatic rings. The van der Waals surface area contributed by atoms with Gasteiger partial charge in [-0.25, -0.2) is 4.79 Å². The highest BCUT2D eigenvalue weighted by Crippen LogP contribution is 2.24. The van der Waals surface area contributed by atoms with Gasteiger partial charge in [0, 0.05) is 10.9 Å². The molecule has 2 rings (SSSR count). The molecule has 1 aliphatic carbocycles. The summed E-state index contributed by atoms with van der Waals surface area (Å²) in [6.07, 6.45) is 3.28. The van der Waals surface area contributed by atoms with Crippen molar-refractivity contribution in [3.63, 3.8) is 0 Å². The summed E-state index contributed by atoms with van der Waals surface area (Å²) in [5.41, 5.74) is 0. The molecule has 2 unspecified atom stereocenters. The second-order valence-corrected chi connectivity index (χ2v) is 5.77. The molecule has 0 saturated heterocycles. The second kappa shape index (κ2) is 6.56. The summed E-state index contributed by atoms with van der Waals surface area (Å²) in [5.74, 6) is -1.27. The summed E-state index contributed by atoms with van der Waals surface area (Å²) in [6.45, 7) is 0.480. The van der Waals surface area contributed by atoms with E-state index in [1.807, 2.05) is 17.5 Å². The average molecular weight is 282 g/mol. The maximum absolute atomic E-state index is 11.8. The second-order valence-electron chi connectivity index (χ2n) is 4.74. The molecule has 104 valence electrons. The van der Waals surface area contributed by atoms with Gasteiger partial charge in [-0.3, -0.25) is 4.79 Å². The number of hydrogen-bond donors (Lipinski definition) is 3. The maximum atomic E-state index is 11.8. The van der Waals surface area contributed by atoms with Gasteiger partial charge in [0.25, 0.3) is 0 Å². The number of nitrogens with one attached hydrogen (secondary N) is 2. The smallest absolute Gasteiger partial charge is 0.315 e. The van der Waals surface area contributed by atoms with Crippen LogP contribution in [-0.4, -0.2) is 23.1 Å². The summed E-state index contributed by atoms with van der Waals surface area (Å²) in [4.78, 5) is 24.0. The van der Waals surface area contributed by atoms with E-state index < -0.39 is 11.9 Å². The molecule has 2 atom stereocenters. The molecule has 1 aromatic heterocycles. The van der Waals surface area contributed by atoms with E-state index in [-0.39, 0.29) is 12.1 Å². The Morgan fingerprint density at radius 1 is 1.37 bits per heavy atom. The van der Waals surface area contributed by atoms with Gasteiger partial charge in [-0.15, -0.1) is 11.3 Å². The molecule has 0 radical (unpaired) electrons. The topological polar surface area (TPSA) is 78.4 Å². The zero-order valence-corrected chi connectivity index (χ0v) is 11.4. The molecular weight excluding hydrogens is 264 g/mol. The minimum atomic E-state index is -0.816. The van der Waals surface area contributed by atoms with E-state index in [1.54, 1.807) is 11.3 Å². The zero-order chi connectivity index (χ0) is 13.7. The molecule has 1 fully saturated rings. The van der Waals surface area contributed by atoms with Crippen LogP contribution in [0.25, 0.3) is 0 Å². The number of rotatable bonds is 4. The third-order valence-electron chi connectivity index (χ3n) is 3.40. The predicted molar refractivity (Wildman–Crippen MR) is 73.1 cm³/mol. The van der Waals surface area contributed by atoms with Crippen molar-refractivity contribution in [1.29, 1.82) is 0 Å². The van der Waals surface area contributed by atoms with Crippen LogP contribution in [0, 0.1) is 5.92 Å². The largest absolute Gasteiger partial charge is 0.481 e. The third-order valence-corrected chi connectivity index (χ3v) is 4.28. The molecular formula is C13H18N2O3S. The minimum absolute atomic E-state index is 0.255. The number of urea groups is 1. The molecule has 3 N–H and O–H groups in total. The number of carbonyl (C=O) groups is 2. The highest BCUT2D eigenvalue weighted by molar-refractivity contribution is 7.09. The van der Waals surface area contributed by atoms with Crippen molar-refractivity contribution in [3.8, 4) is 0 Å². The Bertz CT molecular complexity index is 433. The normalized spacial score (nSPS) is 22.7. The molecule has 5 nitrogen and oxygen atoms in total. The number of amides is 2. The van der Waals surface area contributed by atoms with Gasteiger partial charge in [0.05, 0.1) is 12.5 Å². The molecule has 1 heterocycles. The van der Waals surface area contributed by atoms with E-state index in [4.69, 9.17) is 5.11 Å². The van der Waals surface area contributed by atoms with Crippen molar-refractivity contribution in [2.24, 2.45) is 5.92 Å². The first-order valence-electron chi connectivity index (χ1n) is 6.46. The number of carboxylic acids is 1. The Labute approximate surface area is 116 Å². The van der Waals surface area contributed by atoms with Crippen LogP contribution < -0.4 is 10.6 Å². The number of carboxylic acid groups (broad SMARTS) is 1. The van der Waals surface area contributed by atoms with E-state index in [1.165, 1.54) is 0 Å². The molecule has 19 heavy (non-hydrogen) atoms. The van der Waals surface area contributed by atoms with Crippen LogP contribution in [0.3, 0.4) is 0 Å². The Kier molecular flexibility index (Phi) is 4.79. The average Bonchev–Trinajstić information content (AvgIpc) is 2.90. The van der Waals surface area contributed by atoms with Gasteiger partial charge in [-0.2, -0.15) is 0 Å². The molecule has 0 bridgehead atoms. The van der Waals surface area contributed by atoms with Crippen molar-refractivity contribution in [2.45, 2.75) is 38.3 Å². The van der Waals surface area contributed by atoms with Crippen LogP contribution in [0.4, 0.5) is 4.79 Å². The SMILES string of the molecule is O=C(NCc1cccs1)NC1CCCCC1C(=O)O. The summed E-state index contributed by atoms with van der Waals surface area (Å²) in [5, 5.41) is 16.6. The fourth-order valence-electron chi connectivity index (χ4n) is 2.40. The van der Waals surface area contributed by atoms with Crippen LogP contribution in [-0.2, 0) is 11.3 Å². The molecule has 2 amide bonds. The summed E-state index contributed by atoms with van der Waals surface area (Å²) < 4.78 is 0. The van der Waals surface area contributed by atoms with Gasteiger partial charge < -0.3 is 15.7 Å².